The Morgan fingerprint density at radius 3 is 2.55 bits per heavy atom. The number of rotatable bonds is 6. The maximum atomic E-state index is 6.44. The highest BCUT2D eigenvalue weighted by Crippen LogP contribution is 2.39. The highest BCUT2D eigenvalue weighted by atomic mass is 35.5. The fourth-order valence-corrected chi connectivity index (χ4v) is 2.86. The van der Waals surface area contributed by atoms with E-state index in [2.05, 4.69) is 17.5 Å². The third-order valence-corrected chi connectivity index (χ3v) is 3.96. The minimum atomic E-state index is 0.00667. The number of hydrogen-bond donors (Lipinski definition) is 2. The van der Waals surface area contributed by atoms with Crippen LogP contribution in [0.5, 0.6) is 11.5 Å². The van der Waals surface area contributed by atoms with Gasteiger partial charge in [-0.1, -0.05) is 29.8 Å². The van der Waals surface area contributed by atoms with E-state index >= 15 is 0 Å². The lowest BCUT2D eigenvalue weighted by molar-refractivity contribution is 0.353. The Morgan fingerprint density at radius 2 is 2.00 bits per heavy atom. The molecule has 0 amide bonds. The van der Waals surface area contributed by atoms with Gasteiger partial charge in [0.2, 0.25) is 0 Å². The third kappa shape index (κ3) is 3.08. The first-order chi connectivity index (χ1) is 9.71. The molecule has 1 aromatic carbocycles. The van der Waals surface area contributed by atoms with Gasteiger partial charge in [-0.25, -0.2) is 0 Å². The fourth-order valence-electron chi connectivity index (χ4n) is 2.50. The van der Waals surface area contributed by atoms with Gasteiger partial charge in [-0.05, 0) is 24.5 Å². The van der Waals surface area contributed by atoms with Gasteiger partial charge in [0.1, 0.15) is 0 Å². The van der Waals surface area contributed by atoms with Crippen molar-refractivity contribution in [3.8, 4) is 11.5 Å². The third-order valence-electron chi connectivity index (χ3n) is 3.57. The topological polar surface area (TPSA) is 56.5 Å². The Balaban J connectivity index is 2.24. The van der Waals surface area contributed by atoms with Gasteiger partial charge in [-0.3, -0.25) is 0 Å². The van der Waals surface area contributed by atoms with Crippen molar-refractivity contribution in [1.29, 1.82) is 0 Å². The molecule has 2 rings (SSSR count). The molecular weight excluding hydrogens is 276 g/mol. The van der Waals surface area contributed by atoms with E-state index in [1.807, 2.05) is 12.1 Å². The van der Waals surface area contributed by atoms with Gasteiger partial charge in [0, 0.05) is 18.6 Å². The summed E-state index contributed by atoms with van der Waals surface area (Å²) in [6, 6.07) is 4.23. The second-order valence-electron chi connectivity index (χ2n) is 4.80. The molecule has 110 valence electrons. The number of halogens is 1. The van der Waals surface area contributed by atoms with Crippen LogP contribution in [0.25, 0.3) is 0 Å². The summed E-state index contributed by atoms with van der Waals surface area (Å²) in [5.74, 6) is 1.18. The highest BCUT2D eigenvalue weighted by molar-refractivity contribution is 6.33. The van der Waals surface area contributed by atoms with Crippen molar-refractivity contribution in [2.45, 2.75) is 24.9 Å². The van der Waals surface area contributed by atoms with Gasteiger partial charge in [-0.2, -0.15) is 0 Å². The van der Waals surface area contributed by atoms with E-state index in [1.54, 1.807) is 14.2 Å². The Hall–Kier alpha value is -1.23. The first-order valence-corrected chi connectivity index (χ1v) is 7.10. The summed E-state index contributed by atoms with van der Waals surface area (Å²) in [7, 11) is 3.18. The summed E-state index contributed by atoms with van der Waals surface area (Å²) in [5.41, 5.74) is 6.84. The average molecular weight is 297 g/mol. The standard InChI is InChI=1S/C15H21ClN2O2/c1-19-13-8-7-11(14(16)15(13)20-2)12(9-17)18-10-5-3-4-6-10/h3-4,7-8,10,12,18H,5-6,9,17H2,1-2H3. The van der Waals surface area contributed by atoms with Crippen molar-refractivity contribution in [3.63, 3.8) is 0 Å². The van der Waals surface area contributed by atoms with Crippen molar-refractivity contribution in [2.24, 2.45) is 5.73 Å². The second kappa shape index (κ2) is 6.97. The van der Waals surface area contributed by atoms with Gasteiger partial charge < -0.3 is 20.5 Å². The van der Waals surface area contributed by atoms with Crippen LogP contribution in [0.4, 0.5) is 0 Å². The molecule has 1 aliphatic carbocycles. The van der Waals surface area contributed by atoms with Crippen LogP contribution in [-0.4, -0.2) is 26.8 Å². The van der Waals surface area contributed by atoms with Crippen LogP contribution >= 0.6 is 11.6 Å². The van der Waals surface area contributed by atoms with Crippen LogP contribution in [0.3, 0.4) is 0 Å². The molecule has 0 saturated heterocycles. The summed E-state index contributed by atoms with van der Waals surface area (Å²) in [4.78, 5) is 0. The zero-order valence-corrected chi connectivity index (χ0v) is 12.6. The lowest BCUT2D eigenvalue weighted by atomic mass is 10.0. The predicted octanol–water partition coefficient (Wildman–Crippen LogP) is 2.67. The van der Waals surface area contributed by atoms with E-state index < -0.39 is 0 Å². The van der Waals surface area contributed by atoms with Gasteiger partial charge in [0.05, 0.1) is 19.2 Å². The molecule has 0 fully saturated rings. The number of ether oxygens (including phenoxy) is 2. The molecule has 0 spiro atoms. The number of nitrogens with two attached hydrogens (primary N) is 1. The first-order valence-electron chi connectivity index (χ1n) is 6.72. The van der Waals surface area contributed by atoms with E-state index in [1.165, 1.54) is 0 Å². The first kappa shape index (κ1) is 15.2. The second-order valence-corrected chi connectivity index (χ2v) is 5.18. The van der Waals surface area contributed by atoms with Crippen LogP contribution in [0, 0.1) is 0 Å². The van der Waals surface area contributed by atoms with Crippen LogP contribution in [-0.2, 0) is 0 Å². The smallest absolute Gasteiger partial charge is 0.179 e. The van der Waals surface area contributed by atoms with Crippen molar-refractivity contribution in [1.82, 2.24) is 5.32 Å². The van der Waals surface area contributed by atoms with E-state index in [-0.39, 0.29) is 6.04 Å². The summed E-state index contributed by atoms with van der Waals surface area (Å²) in [6.45, 7) is 0.478. The zero-order chi connectivity index (χ0) is 14.5. The normalized spacial score (nSPS) is 16.4. The van der Waals surface area contributed by atoms with E-state index in [0.29, 0.717) is 29.1 Å². The lowest BCUT2D eigenvalue weighted by Gasteiger charge is -2.24. The molecule has 1 aliphatic rings. The number of benzene rings is 1. The van der Waals surface area contributed by atoms with Gasteiger partial charge in [0.15, 0.2) is 11.5 Å². The number of hydrogen-bond acceptors (Lipinski definition) is 4. The van der Waals surface area contributed by atoms with E-state index in [0.717, 1.165) is 18.4 Å². The van der Waals surface area contributed by atoms with Crippen molar-refractivity contribution < 1.29 is 9.47 Å². The SMILES string of the molecule is COc1ccc(C(CN)NC2CC=CC2)c(Cl)c1OC. The molecule has 1 unspecified atom stereocenters. The summed E-state index contributed by atoms with van der Waals surface area (Å²) >= 11 is 6.44. The number of nitrogens with one attached hydrogen (secondary N) is 1. The molecule has 0 aliphatic heterocycles. The van der Waals surface area contributed by atoms with Crippen LogP contribution < -0.4 is 20.5 Å². The lowest BCUT2D eigenvalue weighted by Crippen LogP contribution is -2.35. The molecule has 1 aromatic rings. The molecule has 0 heterocycles. The van der Waals surface area contributed by atoms with E-state index in [4.69, 9.17) is 26.8 Å². The van der Waals surface area contributed by atoms with Gasteiger partial charge in [0.25, 0.3) is 0 Å². The molecule has 0 radical (unpaired) electrons. The Labute approximate surface area is 124 Å². The summed E-state index contributed by atoms with van der Waals surface area (Å²) in [5, 5.41) is 4.10. The fraction of sp³-hybridized carbons (Fsp3) is 0.467. The van der Waals surface area contributed by atoms with Crippen LogP contribution in [0.15, 0.2) is 24.3 Å². The highest BCUT2D eigenvalue weighted by Gasteiger charge is 2.22. The van der Waals surface area contributed by atoms with Gasteiger partial charge >= 0.3 is 0 Å². The largest absolute Gasteiger partial charge is 0.493 e. The van der Waals surface area contributed by atoms with Gasteiger partial charge in [-0.15, -0.1) is 0 Å². The Bertz CT molecular complexity index is 483. The molecule has 0 saturated carbocycles. The minimum Gasteiger partial charge on any atom is -0.493 e. The minimum absolute atomic E-state index is 0.00667. The van der Waals surface area contributed by atoms with Crippen molar-refractivity contribution in [3.05, 3.63) is 34.9 Å². The molecule has 0 bridgehead atoms. The predicted molar refractivity (Wildman–Crippen MR) is 81.6 cm³/mol. The molecular formula is C15H21ClN2O2. The van der Waals surface area contributed by atoms with E-state index in [9.17, 15) is 0 Å². The molecule has 5 heteroatoms. The molecule has 3 N–H and O–H groups in total. The van der Waals surface area contributed by atoms with Crippen LogP contribution in [0.2, 0.25) is 5.02 Å². The van der Waals surface area contributed by atoms with Crippen LogP contribution in [0.1, 0.15) is 24.4 Å². The monoisotopic (exact) mass is 296 g/mol. The molecule has 4 nitrogen and oxygen atoms in total. The molecule has 20 heavy (non-hydrogen) atoms. The quantitative estimate of drug-likeness (QED) is 0.793. The maximum absolute atomic E-state index is 6.44. The van der Waals surface area contributed by atoms with Crippen molar-refractivity contribution >= 4 is 11.6 Å². The zero-order valence-electron chi connectivity index (χ0n) is 11.9. The number of methoxy groups -OCH3 is 2. The molecule has 1 atom stereocenters. The summed E-state index contributed by atoms with van der Waals surface area (Å²) in [6.07, 6.45) is 6.42. The summed E-state index contributed by atoms with van der Waals surface area (Å²) < 4.78 is 10.6. The van der Waals surface area contributed by atoms with Crippen molar-refractivity contribution in [2.75, 3.05) is 20.8 Å². The average Bonchev–Trinajstić information content (AvgIpc) is 2.97. The molecule has 0 aromatic heterocycles. The Morgan fingerprint density at radius 1 is 1.30 bits per heavy atom. The maximum Gasteiger partial charge on any atom is 0.179 e. The Kier molecular flexibility index (Phi) is 5.29.